The first kappa shape index (κ1) is 15.4. The van der Waals surface area contributed by atoms with Gasteiger partial charge in [-0.25, -0.2) is 4.90 Å². The Labute approximate surface area is 129 Å². The lowest BCUT2D eigenvalue weighted by molar-refractivity contribution is -0.125. The van der Waals surface area contributed by atoms with Crippen LogP contribution in [0, 0.1) is 6.92 Å². The van der Waals surface area contributed by atoms with E-state index >= 15 is 0 Å². The molecular weight excluding hydrogens is 340 g/mol. The van der Waals surface area contributed by atoms with Crippen LogP contribution in [0.4, 0.5) is 0 Å². The summed E-state index contributed by atoms with van der Waals surface area (Å²) in [6.45, 7) is 3.17. The van der Waals surface area contributed by atoms with E-state index in [0.717, 1.165) is 4.90 Å². The Bertz CT molecular complexity index is 642. The van der Waals surface area contributed by atoms with Crippen LogP contribution in [0.1, 0.15) is 39.6 Å². The highest BCUT2D eigenvalue weighted by Crippen LogP contribution is 2.21. The number of hydrogen-bond donors (Lipinski definition) is 0. The molecule has 0 saturated carbocycles. The van der Waals surface area contributed by atoms with E-state index < -0.39 is 12.1 Å². The first-order valence-corrected chi connectivity index (χ1v) is 7.01. The predicted octanol–water partition coefficient (Wildman–Crippen LogP) is 2.25. The number of ketones is 1. The summed E-state index contributed by atoms with van der Waals surface area (Å²) >= 11 is 3.16. The van der Waals surface area contributed by atoms with Crippen LogP contribution in [-0.4, -0.2) is 33.8 Å². The smallest absolute Gasteiger partial charge is 0.263 e. The van der Waals surface area contributed by atoms with Gasteiger partial charge in [0.1, 0.15) is 4.62 Å². The van der Waals surface area contributed by atoms with Gasteiger partial charge in [0, 0.05) is 11.1 Å². The summed E-state index contributed by atoms with van der Waals surface area (Å²) < 4.78 is 0.538. The normalized spacial score (nSPS) is 16.9. The molecule has 7 heteroatoms. The number of imide groups is 1. The molecule has 1 aliphatic rings. The Kier molecular flexibility index (Phi) is 4.52. The second kappa shape index (κ2) is 6.17. The average Bonchev–Trinajstić information content (AvgIpc) is 2.85. The van der Waals surface area contributed by atoms with E-state index in [1.807, 2.05) is 0 Å². The second-order valence-electron chi connectivity index (χ2n) is 4.64. The minimum absolute atomic E-state index is 0.0826. The molecule has 1 unspecified atom stereocenters. The van der Waals surface area contributed by atoms with Crippen molar-refractivity contribution in [2.24, 2.45) is 5.16 Å². The molecular formula is C14H13BrN2O4. The first-order chi connectivity index (χ1) is 9.93. The number of halogens is 1. The van der Waals surface area contributed by atoms with Crippen LogP contribution in [-0.2, 0) is 9.63 Å². The van der Waals surface area contributed by atoms with Crippen molar-refractivity contribution in [3.63, 3.8) is 0 Å². The molecule has 1 atom stereocenters. The van der Waals surface area contributed by atoms with Crippen molar-refractivity contribution in [2.75, 3.05) is 0 Å². The van der Waals surface area contributed by atoms with Gasteiger partial charge in [0.25, 0.3) is 5.91 Å². The molecule has 1 aliphatic heterocycles. The molecule has 21 heavy (non-hydrogen) atoms. The van der Waals surface area contributed by atoms with Crippen molar-refractivity contribution in [1.82, 2.24) is 4.90 Å². The molecule has 1 aromatic carbocycles. The van der Waals surface area contributed by atoms with Gasteiger partial charge in [0.15, 0.2) is 5.78 Å². The SMILES string of the molecule is CC(=O)c1ccc(C(=O)N(C=O)C2CC(Br)=NO2)c(C)c1. The minimum Gasteiger partial charge on any atom is -0.369 e. The number of carbonyl (C=O) groups excluding carboxylic acids is 3. The monoisotopic (exact) mass is 352 g/mol. The number of oxime groups is 1. The maximum absolute atomic E-state index is 12.4. The zero-order chi connectivity index (χ0) is 15.6. The molecule has 0 radical (unpaired) electrons. The molecule has 0 aliphatic carbocycles. The molecule has 0 fully saturated rings. The summed E-state index contributed by atoms with van der Waals surface area (Å²) in [4.78, 5) is 40.9. The fourth-order valence-electron chi connectivity index (χ4n) is 1.99. The Balaban J connectivity index is 2.26. The van der Waals surface area contributed by atoms with E-state index in [9.17, 15) is 14.4 Å². The number of Topliss-reactive ketones (excluding diaryl/α,β-unsaturated/α-hetero) is 1. The summed E-state index contributed by atoms with van der Waals surface area (Å²) in [6.07, 6.45) is -0.0159. The molecule has 1 heterocycles. The molecule has 1 aromatic rings. The Hall–Kier alpha value is -2.02. The third-order valence-corrected chi connectivity index (χ3v) is 3.61. The maximum atomic E-state index is 12.4. The van der Waals surface area contributed by atoms with Crippen LogP contribution in [0.2, 0.25) is 0 Å². The molecule has 0 saturated heterocycles. The Morgan fingerprint density at radius 2 is 2.19 bits per heavy atom. The largest absolute Gasteiger partial charge is 0.369 e. The van der Waals surface area contributed by atoms with Crippen molar-refractivity contribution < 1.29 is 19.2 Å². The summed E-state index contributed by atoms with van der Waals surface area (Å²) in [5, 5.41) is 3.66. The second-order valence-corrected chi connectivity index (χ2v) is 5.55. The van der Waals surface area contributed by atoms with Crippen LogP contribution in [0.25, 0.3) is 0 Å². The molecule has 110 valence electrons. The van der Waals surface area contributed by atoms with E-state index in [0.29, 0.717) is 34.1 Å². The van der Waals surface area contributed by atoms with Gasteiger partial charge in [-0.3, -0.25) is 14.4 Å². The third kappa shape index (κ3) is 3.18. The molecule has 6 nitrogen and oxygen atoms in total. The van der Waals surface area contributed by atoms with Gasteiger partial charge in [-0.1, -0.05) is 11.2 Å². The van der Waals surface area contributed by atoms with E-state index in [1.165, 1.54) is 13.0 Å². The van der Waals surface area contributed by atoms with Gasteiger partial charge >= 0.3 is 0 Å². The van der Waals surface area contributed by atoms with Crippen molar-refractivity contribution in [3.8, 4) is 0 Å². The maximum Gasteiger partial charge on any atom is 0.263 e. The lowest BCUT2D eigenvalue weighted by atomic mass is 10.0. The molecule has 0 N–H and O–H groups in total. The van der Waals surface area contributed by atoms with Crippen molar-refractivity contribution in [2.45, 2.75) is 26.5 Å². The summed E-state index contributed by atoms with van der Waals surface area (Å²) in [5.41, 5.74) is 1.49. The molecule has 0 aromatic heterocycles. The van der Waals surface area contributed by atoms with E-state index in [1.54, 1.807) is 19.1 Å². The Morgan fingerprint density at radius 1 is 1.48 bits per heavy atom. The van der Waals surface area contributed by atoms with Crippen LogP contribution in [0.5, 0.6) is 0 Å². The van der Waals surface area contributed by atoms with Gasteiger partial charge in [0.05, 0.1) is 6.42 Å². The number of benzene rings is 1. The quantitative estimate of drug-likeness (QED) is 0.615. The number of carbonyl (C=O) groups is 3. The number of aryl methyl sites for hydroxylation is 1. The zero-order valence-corrected chi connectivity index (χ0v) is 13.1. The molecule has 0 bridgehead atoms. The van der Waals surface area contributed by atoms with Gasteiger partial charge in [0.2, 0.25) is 12.6 Å². The topological polar surface area (TPSA) is 76.0 Å². The van der Waals surface area contributed by atoms with Gasteiger partial charge in [-0.15, -0.1) is 0 Å². The minimum atomic E-state index is -0.753. The predicted molar refractivity (Wildman–Crippen MR) is 79.3 cm³/mol. The van der Waals surface area contributed by atoms with Gasteiger partial charge < -0.3 is 4.84 Å². The number of hydrogen-bond acceptors (Lipinski definition) is 5. The van der Waals surface area contributed by atoms with Crippen molar-refractivity contribution >= 4 is 38.7 Å². The van der Waals surface area contributed by atoms with E-state index in [4.69, 9.17) is 4.84 Å². The summed E-state index contributed by atoms with van der Waals surface area (Å²) in [6, 6.07) is 4.73. The first-order valence-electron chi connectivity index (χ1n) is 6.21. The van der Waals surface area contributed by atoms with Crippen molar-refractivity contribution in [1.29, 1.82) is 0 Å². The van der Waals surface area contributed by atoms with Crippen molar-refractivity contribution in [3.05, 3.63) is 34.9 Å². The highest BCUT2D eigenvalue weighted by atomic mass is 79.9. The zero-order valence-electron chi connectivity index (χ0n) is 11.5. The summed E-state index contributed by atoms with van der Waals surface area (Å²) in [7, 11) is 0. The van der Waals surface area contributed by atoms with Crippen LogP contribution in [0.15, 0.2) is 23.4 Å². The molecule has 2 rings (SSSR count). The highest BCUT2D eigenvalue weighted by Gasteiger charge is 2.31. The van der Waals surface area contributed by atoms with Crippen LogP contribution >= 0.6 is 15.9 Å². The fourth-order valence-corrected chi connectivity index (χ4v) is 2.35. The number of rotatable bonds is 4. The summed E-state index contributed by atoms with van der Waals surface area (Å²) in [5.74, 6) is -0.569. The van der Waals surface area contributed by atoms with Gasteiger partial charge in [-0.05, 0) is 47.5 Å². The fraction of sp³-hybridized carbons (Fsp3) is 0.286. The highest BCUT2D eigenvalue weighted by molar-refractivity contribution is 9.18. The lowest BCUT2D eigenvalue weighted by Crippen LogP contribution is -2.39. The number of amides is 2. The van der Waals surface area contributed by atoms with Crippen LogP contribution in [0.3, 0.4) is 0 Å². The average molecular weight is 353 g/mol. The van der Waals surface area contributed by atoms with Gasteiger partial charge in [-0.2, -0.15) is 0 Å². The van der Waals surface area contributed by atoms with E-state index in [-0.39, 0.29) is 5.78 Å². The standard InChI is InChI=1S/C14H13BrN2O4/c1-8-5-10(9(2)19)3-4-11(8)14(20)17(7-18)13-6-12(15)16-21-13/h3-5,7,13H,6H2,1-2H3. The third-order valence-electron chi connectivity index (χ3n) is 3.14. The number of nitrogens with zero attached hydrogens (tertiary/aromatic N) is 2. The Morgan fingerprint density at radius 3 is 2.67 bits per heavy atom. The van der Waals surface area contributed by atoms with Crippen LogP contribution < -0.4 is 0 Å². The lowest BCUT2D eigenvalue weighted by Gasteiger charge is -2.21. The molecule has 0 spiro atoms. The van der Waals surface area contributed by atoms with E-state index in [2.05, 4.69) is 21.1 Å². The molecule has 2 amide bonds.